The highest BCUT2D eigenvalue weighted by Gasteiger charge is 2.31. The van der Waals surface area contributed by atoms with Gasteiger partial charge in [-0.25, -0.2) is 0 Å². The third-order valence-electron chi connectivity index (χ3n) is 4.12. The Morgan fingerprint density at radius 2 is 2.08 bits per heavy atom. The van der Waals surface area contributed by atoms with Gasteiger partial charge in [-0.15, -0.1) is 24.8 Å². The summed E-state index contributed by atoms with van der Waals surface area (Å²) in [5, 5.41) is 3.65. The lowest BCUT2D eigenvalue weighted by molar-refractivity contribution is -0.132. The standard InChI is InChI=1S/C18H20ClN3O2.2ClH/c19-13-5-3-4-12(10-13)17(15-6-1-2-9-21-15)22-18(23)16-8-7-14(11-20)24-16;;/h1-6,9-10,14,16-17H,7-8,11,20H2,(H,22,23);2*1H/t14-,16+,17?;;/m1../s1. The lowest BCUT2D eigenvalue weighted by atomic mass is 10.0. The Labute approximate surface area is 170 Å². The molecular formula is C18H22Cl3N3O2. The summed E-state index contributed by atoms with van der Waals surface area (Å²) in [6.45, 7) is 0.432. The van der Waals surface area contributed by atoms with Crippen LogP contribution in [0.15, 0.2) is 48.7 Å². The predicted molar refractivity (Wildman–Crippen MR) is 107 cm³/mol. The Kier molecular flexibility index (Phi) is 9.33. The second-order valence-electron chi connectivity index (χ2n) is 5.81. The van der Waals surface area contributed by atoms with E-state index >= 15 is 0 Å². The molecular weight excluding hydrogens is 397 g/mol. The van der Waals surface area contributed by atoms with Crippen molar-refractivity contribution in [3.05, 3.63) is 64.9 Å². The van der Waals surface area contributed by atoms with Crippen LogP contribution in [0.1, 0.15) is 30.1 Å². The predicted octanol–water partition coefficient (Wildman–Crippen LogP) is 3.29. The summed E-state index contributed by atoms with van der Waals surface area (Å²) in [7, 11) is 0. The van der Waals surface area contributed by atoms with Crippen LogP contribution in [-0.4, -0.2) is 29.6 Å². The minimum Gasteiger partial charge on any atom is -0.364 e. The zero-order valence-corrected chi connectivity index (χ0v) is 16.4. The van der Waals surface area contributed by atoms with E-state index in [-0.39, 0.29) is 42.9 Å². The number of nitrogens with one attached hydrogen (secondary N) is 1. The number of rotatable bonds is 5. The molecule has 1 fully saturated rings. The normalized spacial score (nSPS) is 19.8. The number of benzene rings is 1. The molecule has 0 radical (unpaired) electrons. The Balaban J connectivity index is 0.00000169. The van der Waals surface area contributed by atoms with Gasteiger partial charge in [-0.2, -0.15) is 0 Å². The van der Waals surface area contributed by atoms with Crippen LogP contribution in [-0.2, 0) is 9.53 Å². The van der Waals surface area contributed by atoms with Gasteiger partial charge < -0.3 is 15.8 Å². The van der Waals surface area contributed by atoms with Gasteiger partial charge in [0.25, 0.3) is 0 Å². The molecule has 0 spiro atoms. The number of carbonyl (C=O) groups is 1. The summed E-state index contributed by atoms with van der Waals surface area (Å²) in [6, 6.07) is 12.6. The molecule has 3 atom stereocenters. The Bertz CT molecular complexity index is 703. The fourth-order valence-corrected chi connectivity index (χ4v) is 3.07. The second kappa shape index (κ2) is 10.7. The zero-order chi connectivity index (χ0) is 16.9. The lowest BCUT2D eigenvalue weighted by Gasteiger charge is -2.21. The van der Waals surface area contributed by atoms with Gasteiger partial charge in [0.15, 0.2) is 0 Å². The minimum atomic E-state index is -0.469. The summed E-state index contributed by atoms with van der Waals surface area (Å²) >= 11 is 6.11. The maximum absolute atomic E-state index is 12.6. The first-order chi connectivity index (χ1) is 11.7. The van der Waals surface area contributed by atoms with Gasteiger partial charge in [-0.1, -0.05) is 29.8 Å². The van der Waals surface area contributed by atoms with Crippen molar-refractivity contribution in [1.29, 1.82) is 0 Å². The second-order valence-corrected chi connectivity index (χ2v) is 6.25. The fourth-order valence-electron chi connectivity index (χ4n) is 2.87. The monoisotopic (exact) mass is 417 g/mol. The van der Waals surface area contributed by atoms with Gasteiger partial charge in [0.05, 0.1) is 17.8 Å². The molecule has 2 aromatic rings. The highest BCUT2D eigenvalue weighted by atomic mass is 35.5. The Morgan fingerprint density at radius 1 is 1.27 bits per heavy atom. The topological polar surface area (TPSA) is 77.2 Å². The Hall–Kier alpha value is -1.37. The van der Waals surface area contributed by atoms with Crippen LogP contribution in [0.25, 0.3) is 0 Å². The van der Waals surface area contributed by atoms with Crippen molar-refractivity contribution in [3.63, 3.8) is 0 Å². The average molecular weight is 419 g/mol. The summed E-state index contributed by atoms with van der Waals surface area (Å²) < 4.78 is 5.69. The Morgan fingerprint density at radius 3 is 2.69 bits per heavy atom. The quantitative estimate of drug-likeness (QED) is 0.781. The van der Waals surface area contributed by atoms with E-state index in [2.05, 4.69) is 10.3 Å². The molecule has 3 N–H and O–H groups in total. The molecule has 1 saturated heterocycles. The number of halogens is 3. The van der Waals surface area contributed by atoms with Crippen molar-refractivity contribution < 1.29 is 9.53 Å². The number of ether oxygens (including phenoxy) is 1. The van der Waals surface area contributed by atoms with E-state index in [9.17, 15) is 4.79 Å². The van der Waals surface area contributed by atoms with E-state index in [1.165, 1.54) is 0 Å². The van der Waals surface area contributed by atoms with Crippen molar-refractivity contribution in [2.24, 2.45) is 5.73 Å². The molecule has 1 unspecified atom stereocenters. The molecule has 0 aliphatic carbocycles. The van der Waals surface area contributed by atoms with Crippen LogP contribution >= 0.6 is 36.4 Å². The van der Waals surface area contributed by atoms with Gasteiger partial charge in [0.1, 0.15) is 6.10 Å². The van der Waals surface area contributed by atoms with E-state index in [0.717, 1.165) is 17.7 Å². The van der Waals surface area contributed by atoms with Crippen molar-refractivity contribution in [2.75, 3.05) is 6.54 Å². The summed E-state index contributed by atoms with van der Waals surface area (Å²) in [6.07, 6.45) is 2.68. The van der Waals surface area contributed by atoms with E-state index in [1.54, 1.807) is 12.3 Å². The number of amides is 1. The van der Waals surface area contributed by atoms with Crippen LogP contribution < -0.4 is 11.1 Å². The molecule has 3 rings (SSSR count). The largest absolute Gasteiger partial charge is 0.364 e. The first-order valence-corrected chi connectivity index (χ1v) is 8.37. The molecule has 2 heterocycles. The molecule has 142 valence electrons. The van der Waals surface area contributed by atoms with Crippen LogP contribution in [0.5, 0.6) is 0 Å². The number of hydrogen-bond acceptors (Lipinski definition) is 4. The fraction of sp³-hybridized carbons (Fsp3) is 0.333. The zero-order valence-electron chi connectivity index (χ0n) is 14.0. The number of hydrogen-bond donors (Lipinski definition) is 2. The smallest absolute Gasteiger partial charge is 0.249 e. The highest BCUT2D eigenvalue weighted by molar-refractivity contribution is 6.30. The number of pyridine rings is 1. The number of carbonyl (C=O) groups excluding carboxylic acids is 1. The molecule has 1 aliphatic heterocycles. The third-order valence-corrected chi connectivity index (χ3v) is 4.35. The van der Waals surface area contributed by atoms with Gasteiger partial charge >= 0.3 is 0 Å². The first-order valence-electron chi connectivity index (χ1n) is 7.99. The van der Waals surface area contributed by atoms with Gasteiger partial charge in [-0.3, -0.25) is 9.78 Å². The molecule has 1 amide bonds. The molecule has 1 aromatic carbocycles. The van der Waals surface area contributed by atoms with E-state index in [1.807, 2.05) is 36.4 Å². The number of nitrogens with two attached hydrogens (primary N) is 1. The first kappa shape index (κ1) is 22.7. The van der Waals surface area contributed by atoms with Crippen molar-refractivity contribution in [1.82, 2.24) is 10.3 Å². The van der Waals surface area contributed by atoms with Gasteiger partial charge in [-0.05, 0) is 42.7 Å². The van der Waals surface area contributed by atoms with Crippen molar-refractivity contribution in [3.8, 4) is 0 Å². The van der Waals surface area contributed by atoms with E-state index in [0.29, 0.717) is 18.0 Å². The third kappa shape index (κ3) is 5.56. The molecule has 0 saturated carbocycles. The van der Waals surface area contributed by atoms with Crippen LogP contribution in [0.2, 0.25) is 5.02 Å². The minimum absolute atomic E-state index is 0. The summed E-state index contributed by atoms with van der Waals surface area (Å²) in [5.41, 5.74) is 7.24. The average Bonchev–Trinajstić information content (AvgIpc) is 3.09. The molecule has 0 bridgehead atoms. The lowest BCUT2D eigenvalue weighted by Crippen LogP contribution is -2.38. The van der Waals surface area contributed by atoms with Crippen LogP contribution in [0.3, 0.4) is 0 Å². The summed E-state index contributed by atoms with van der Waals surface area (Å²) in [5.74, 6) is -0.151. The maximum atomic E-state index is 12.6. The van der Waals surface area contributed by atoms with Crippen LogP contribution in [0.4, 0.5) is 0 Å². The maximum Gasteiger partial charge on any atom is 0.249 e. The van der Waals surface area contributed by atoms with Gasteiger partial charge in [0, 0.05) is 17.8 Å². The van der Waals surface area contributed by atoms with Crippen LogP contribution in [0, 0.1) is 0 Å². The van der Waals surface area contributed by atoms with Crippen molar-refractivity contribution >= 4 is 42.3 Å². The van der Waals surface area contributed by atoms with E-state index < -0.39 is 6.10 Å². The summed E-state index contributed by atoms with van der Waals surface area (Å²) in [4.78, 5) is 17.0. The molecule has 1 aromatic heterocycles. The number of nitrogens with zero attached hydrogens (tertiary/aromatic N) is 1. The number of aromatic nitrogens is 1. The molecule has 5 nitrogen and oxygen atoms in total. The molecule has 8 heteroatoms. The molecule has 1 aliphatic rings. The SMILES string of the molecule is Cl.Cl.NC[C@H]1CC[C@@H](C(=O)NC(c2cccc(Cl)c2)c2ccccn2)O1. The van der Waals surface area contributed by atoms with Crippen molar-refractivity contribution in [2.45, 2.75) is 31.1 Å². The molecule has 26 heavy (non-hydrogen) atoms. The highest BCUT2D eigenvalue weighted by Crippen LogP contribution is 2.25. The van der Waals surface area contributed by atoms with Gasteiger partial charge in [0.2, 0.25) is 5.91 Å². The van der Waals surface area contributed by atoms with E-state index in [4.69, 9.17) is 22.1 Å².